The summed E-state index contributed by atoms with van der Waals surface area (Å²) in [5.74, 6) is 0. The second-order valence-electron chi connectivity index (χ2n) is 7.04. The van der Waals surface area contributed by atoms with E-state index < -0.39 is 0 Å². The third kappa shape index (κ3) is 4.30. The molecule has 142 valence electrons. The molecule has 1 aliphatic heterocycles. The summed E-state index contributed by atoms with van der Waals surface area (Å²) < 4.78 is 5.51. The number of benzene rings is 2. The van der Waals surface area contributed by atoms with Crippen molar-refractivity contribution in [1.29, 1.82) is 5.26 Å². The van der Waals surface area contributed by atoms with E-state index in [-0.39, 0.29) is 0 Å². The predicted octanol–water partition coefficient (Wildman–Crippen LogP) is 3.91. The molecule has 1 saturated heterocycles. The monoisotopic (exact) mass is 372 g/mol. The highest BCUT2D eigenvalue weighted by molar-refractivity contribution is 5.90. The second-order valence-corrected chi connectivity index (χ2v) is 7.04. The lowest BCUT2D eigenvalue weighted by Gasteiger charge is -2.19. The predicted molar refractivity (Wildman–Crippen MR) is 112 cm³/mol. The minimum atomic E-state index is 0.596. The summed E-state index contributed by atoms with van der Waals surface area (Å²) in [6.07, 6.45) is 4.45. The largest absolute Gasteiger partial charge is 0.384 e. The van der Waals surface area contributed by atoms with Gasteiger partial charge in [0.05, 0.1) is 12.2 Å². The standard InChI is InChI=1S/C23H24N4O/c24-16-21-17-25-7-6-23(21)20-3-2-19-15-22(5-4-18(19)14-20)26-8-10-27-9-1-12-28-13-11-27/h2-7,14-15,17,26H,1,8-13H2. The van der Waals surface area contributed by atoms with Crippen LogP contribution in [0.3, 0.4) is 0 Å². The van der Waals surface area contributed by atoms with Crippen LogP contribution in [0.5, 0.6) is 0 Å². The van der Waals surface area contributed by atoms with Gasteiger partial charge in [-0.2, -0.15) is 5.26 Å². The number of rotatable bonds is 5. The molecule has 0 aliphatic carbocycles. The summed E-state index contributed by atoms with van der Waals surface area (Å²) in [5, 5.41) is 15.2. The molecule has 5 heteroatoms. The van der Waals surface area contributed by atoms with Gasteiger partial charge in [0.15, 0.2) is 0 Å². The van der Waals surface area contributed by atoms with Crippen molar-refractivity contribution in [2.24, 2.45) is 0 Å². The Bertz CT molecular complexity index is 987. The van der Waals surface area contributed by atoms with E-state index in [1.54, 1.807) is 12.4 Å². The summed E-state index contributed by atoms with van der Waals surface area (Å²) in [5.41, 5.74) is 3.69. The molecule has 0 amide bonds. The molecular formula is C23H24N4O. The van der Waals surface area contributed by atoms with Crippen LogP contribution >= 0.6 is 0 Å². The van der Waals surface area contributed by atoms with Crippen LogP contribution in [0, 0.1) is 11.3 Å². The SMILES string of the molecule is N#Cc1cnccc1-c1ccc2cc(NCCN3CCCOCC3)ccc2c1. The lowest BCUT2D eigenvalue weighted by molar-refractivity contribution is 0.142. The first-order chi connectivity index (χ1) is 13.8. The van der Waals surface area contributed by atoms with E-state index in [1.165, 1.54) is 5.39 Å². The number of pyridine rings is 1. The minimum Gasteiger partial charge on any atom is -0.384 e. The molecule has 2 heterocycles. The van der Waals surface area contributed by atoms with Gasteiger partial charge in [0.25, 0.3) is 0 Å². The van der Waals surface area contributed by atoms with Gasteiger partial charge < -0.3 is 10.1 Å². The molecule has 0 spiro atoms. The molecule has 1 N–H and O–H groups in total. The maximum Gasteiger partial charge on any atom is 0.101 e. The number of hydrogen-bond acceptors (Lipinski definition) is 5. The van der Waals surface area contributed by atoms with Gasteiger partial charge in [-0.25, -0.2) is 0 Å². The van der Waals surface area contributed by atoms with Crippen LogP contribution in [0.1, 0.15) is 12.0 Å². The third-order valence-electron chi connectivity index (χ3n) is 5.16. The number of nitriles is 1. The van der Waals surface area contributed by atoms with Crippen molar-refractivity contribution in [2.75, 3.05) is 44.7 Å². The fourth-order valence-electron chi connectivity index (χ4n) is 3.64. The first kappa shape index (κ1) is 18.4. The first-order valence-electron chi connectivity index (χ1n) is 9.76. The van der Waals surface area contributed by atoms with E-state index >= 15 is 0 Å². The molecular weight excluding hydrogens is 348 g/mol. The third-order valence-corrected chi connectivity index (χ3v) is 5.16. The highest BCUT2D eigenvalue weighted by atomic mass is 16.5. The molecule has 0 radical (unpaired) electrons. The van der Waals surface area contributed by atoms with Gasteiger partial charge in [-0.1, -0.05) is 18.2 Å². The number of aromatic nitrogens is 1. The van der Waals surface area contributed by atoms with E-state index in [0.717, 1.165) is 68.0 Å². The normalized spacial score (nSPS) is 15.1. The number of fused-ring (bicyclic) bond motifs is 1. The molecule has 1 aromatic heterocycles. The minimum absolute atomic E-state index is 0.596. The number of nitrogens with zero attached hydrogens (tertiary/aromatic N) is 3. The van der Waals surface area contributed by atoms with Gasteiger partial charge in [0.1, 0.15) is 6.07 Å². The zero-order chi connectivity index (χ0) is 19.2. The molecule has 2 aromatic carbocycles. The van der Waals surface area contributed by atoms with Gasteiger partial charge in [0.2, 0.25) is 0 Å². The summed E-state index contributed by atoms with van der Waals surface area (Å²) in [7, 11) is 0. The van der Waals surface area contributed by atoms with Crippen LogP contribution in [-0.2, 0) is 4.74 Å². The lowest BCUT2D eigenvalue weighted by atomic mass is 9.99. The molecule has 28 heavy (non-hydrogen) atoms. The van der Waals surface area contributed by atoms with Crippen LogP contribution < -0.4 is 5.32 Å². The van der Waals surface area contributed by atoms with Crippen molar-refractivity contribution >= 4 is 16.5 Å². The fourth-order valence-corrected chi connectivity index (χ4v) is 3.64. The summed E-state index contributed by atoms with van der Waals surface area (Å²) in [6, 6.07) is 16.9. The molecule has 0 saturated carbocycles. The topological polar surface area (TPSA) is 61.2 Å². The molecule has 1 aliphatic rings. The van der Waals surface area contributed by atoms with Crippen molar-refractivity contribution in [3.63, 3.8) is 0 Å². The van der Waals surface area contributed by atoms with Crippen LogP contribution in [0.2, 0.25) is 0 Å². The molecule has 1 fully saturated rings. The molecule has 0 bridgehead atoms. The van der Waals surface area contributed by atoms with Gasteiger partial charge in [0, 0.05) is 56.4 Å². The Kier molecular flexibility index (Phi) is 5.81. The van der Waals surface area contributed by atoms with Crippen molar-refractivity contribution in [3.05, 3.63) is 60.4 Å². The van der Waals surface area contributed by atoms with E-state index in [0.29, 0.717) is 5.56 Å². The molecule has 3 aromatic rings. The van der Waals surface area contributed by atoms with E-state index in [2.05, 4.69) is 57.7 Å². The van der Waals surface area contributed by atoms with Crippen LogP contribution in [0.25, 0.3) is 21.9 Å². The van der Waals surface area contributed by atoms with E-state index in [4.69, 9.17) is 4.74 Å². The Morgan fingerprint density at radius 2 is 1.96 bits per heavy atom. The van der Waals surface area contributed by atoms with Gasteiger partial charge in [-0.05, 0) is 47.0 Å². The summed E-state index contributed by atoms with van der Waals surface area (Å²) in [6.45, 7) is 5.80. The first-order valence-corrected chi connectivity index (χ1v) is 9.76. The highest BCUT2D eigenvalue weighted by Crippen LogP contribution is 2.28. The van der Waals surface area contributed by atoms with Crippen molar-refractivity contribution < 1.29 is 4.74 Å². The Balaban J connectivity index is 1.45. The van der Waals surface area contributed by atoms with Crippen LogP contribution in [0.15, 0.2) is 54.9 Å². The average Bonchev–Trinajstić information content (AvgIpc) is 3.02. The van der Waals surface area contributed by atoms with Crippen LogP contribution in [-0.4, -0.2) is 49.3 Å². The average molecular weight is 372 g/mol. The molecule has 5 nitrogen and oxygen atoms in total. The maximum absolute atomic E-state index is 9.31. The van der Waals surface area contributed by atoms with Gasteiger partial charge in [-0.15, -0.1) is 0 Å². The second kappa shape index (κ2) is 8.83. The summed E-state index contributed by atoms with van der Waals surface area (Å²) in [4.78, 5) is 6.50. The number of hydrogen-bond donors (Lipinski definition) is 1. The quantitative estimate of drug-likeness (QED) is 0.736. The number of ether oxygens (including phenoxy) is 1. The Morgan fingerprint density at radius 3 is 2.89 bits per heavy atom. The van der Waals surface area contributed by atoms with Crippen molar-refractivity contribution in [3.8, 4) is 17.2 Å². The van der Waals surface area contributed by atoms with Gasteiger partial charge in [-0.3, -0.25) is 9.88 Å². The number of nitrogens with one attached hydrogen (secondary N) is 1. The van der Waals surface area contributed by atoms with Crippen molar-refractivity contribution in [1.82, 2.24) is 9.88 Å². The summed E-state index contributed by atoms with van der Waals surface area (Å²) >= 11 is 0. The Hall–Kier alpha value is -2.94. The Labute approximate surface area is 165 Å². The molecule has 4 rings (SSSR count). The van der Waals surface area contributed by atoms with Crippen LogP contribution in [0.4, 0.5) is 5.69 Å². The van der Waals surface area contributed by atoms with E-state index in [9.17, 15) is 5.26 Å². The number of anilines is 1. The maximum atomic E-state index is 9.31. The molecule has 0 atom stereocenters. The zero-order valence-corrected chi connectivity index (χ0v) is 15.9. The zero-order valence-electron chi connectivity index (χ0n) is 15.9. The van der Waals surface area contributed by atoms with E-state index in [1.807, 2.05) is 6.07 Å². The Morgan fingerprint density at radius 1 is 1.07 bits per heavy atom. The smallest absolute Gasteiger partial charge is 0.101 e. The van der Waals surface area contributed by atoms with Gasteiger partial charge >= 0.3 is 0 Å². The highest BCUT2D eigenvalue weighted by Gasteiger charge is 2.09. The van der Waals surface area contributed by atoms with Crippen molar-refractivity contribution in [2.45, 2.75) is 6.42 Å². The molecule has 0 unspecified atom stereocenters. The lowest BCUT2D eigenvalue weighted by Crippen LogP contribution is -2.31. The fraction of sp³-hybridized carbons (Fsp3) is 0.304.